The van der Waals surface area contributed by atoms with E-state index in [4.69, 9.17) is 4.74 Å². The fourth-order valence-electron chi connectivity index (χ4n) is 1.68. The van der Waals surface area contributed by atoms with Crippen LogP contribution in [0.5, 0.6) is 5.75 Å². The van der Waals surface area contributed by atoms with Crippen molar-refractivity contribution in [3.8, 4) is 5.75 Å². The molecular weight excluding hydrogens is 455 g/mol. The highest BCUT2D eigenvalue weighted by Crippen LogP contribution is 2.30. The van der Waals surface area contributed by atoms with Gasteiger partial charge in [-0.1, -0.05) is 15.9 Å². The first-order valence-corrected chi connectivity index (χ1v) is 7.79. The van der Waals surface area contributed by atoms with Crippen molar-refractivity contribution in [1.82, 2.24) is 10.6 Å². The van der Waals surface area contributed by atoms with Crippen LogP contribution in [-0.4, -0.2) is 24.5 Å². The van der Waals surface area contributed by atoms with Gasteiger partial charge in [-0.2, -0.15) is 0 Å². The molecule has 0 bridgehead atoms. The van der Waals surface area contributed by atoms with Crippen LogP contribution in [0, 0.1) is 3.57 Å². The van der Waals surface area contributed by atoms with Crippen molar-refractivity contribution in [2.24, 2.45) is 0 Å². The third kappa shape index (κ3) is 3.62. The minimum absolute atomic E-state index is 0.140. The zero-order valence-electron chi connectivity index (χ0n) is 10.8. The summed E-state index contributed by atoms with van der Waals surface area (Å²) in [4.78, 5) is 34.4. The number of carbonyl (C=O) groups is 3. The highest BCUT2D eigenvalue weighted by atomic mass is 127. The second-order valence-corrected chi connectivity index (χ2v) is 6.05. The molecule has 1 aliphatic heterocycles. The molecule has 1 saturated heterocycles. The molecule has 8 heteroatoms. The van der Waals surface area contributed by atoms with E-state index in [1.54, 1.807) is 6.07 Å². The van der Waals surface area contributed by atoms with Crippen LogP contribution in [-0.2, 0) is 9.59 Å². The number of imide groups is 2. The zero-order chi connectivity index (χ0) is 15.6. The zero-order valence-corrected chi connectivity index (χ0v) is 14.6. The summed E-state index contributed by atoms with van der Waals surface area (Å²) in [6, 6.07) is 2.72. The fraction of sp³-hybridized carbons (Fsp3) is 0.154. The summed E-state index contributed by atoms with van der Waals surface area (Å²) in [7, 11) is 0. The van der Waals surface area contributed by atoms with E-state index < -0.39 is 17.8 Å². The van der Waals surface area contributed by atoms with Crippen LogP contribution in [0.2, 0.25) is 0 Å². The lowest BCUT2D eigenvalue weighted by Crippen LogP contribution is -2.51. The molecule has 0 spiro atoms. The quantitative estimate of drug-likeness (QED) is 0.408. The van der Waals surface area contributed by atoms with Crippen LogP contribution in [0.25, 0.3) is 6.08 Å². The van der Waals surface area contributed by atoms with Gasteiger partial charge in [0.15, 0.2) is 0 Å². The molecule has 0 aliphatic carbocycles. The van der Waals surface area contributed by atoms with Gasteiger partial charge in [0, 0.05) is 4.47 Å². The number of halogens is 2. The van der Waals surface area contributed by atoms with Crippen molar-refractivity contribution < 1.29 is 19.1 Å². The van der Waals surface area contributed by atoms with Crippen molar-refractivity contribution >= 4 is 62.4 Å². The number of benzene rings is 1. The normalized spacial score (nSPS) is 14.6. The average molecular weight is 465 g/mol. The molecular formula is C13H10BrIN2O4. The van der Waals surface area contributed by atoms with E-state index in [2.05, 4.69) is 38.5 Å². The van der Waals surface area contributed by atoms with Crippen LogP contribution >= 0.6 is 38.5 Å². The van der Waals surface area contributed by atoms with Crippen LogP contribution in [0.3, 0.4) is 0 Å². The molecule has 2 N–H and O–H groups in total. The van der Waals surface area contributed by atoms with Crippen LogP contribution in [0.15, 0.2) is 22.2 Å². The molecule has 0 radical (unpaired) electrons. The predicted molar refractivity (Wildman–Crippen MR) is 87.7 cm³/mol. The van der Waals surface area contributed by atoms with Crippen LogP contribution in [0.4, 0.5) is 4.79 Å². The lowest BCUT2D eigenvalue weighted by molar-refractivity contribution is -0.123. The molecule has 1 heterocycles. The topological polar surface area (TPSA) is 84.5 Å². The Balaban J connectivity index is 2.44. The van der Waals surface area contributed by atoms with Crippen molar-refractivity contribution in [1.29, 1.82) is 0 Å². The molecule has 0 unspecified atom stereocenters. The SMILES string of the molecule is CCOc1cc(C=C2C(=O)NC(=O)NC2=O)c(Br)cc1I. The Morgan fingerprint density at radius 3 is 2.43 bits per heavy atom. The maximum Gasteiger partial charge on any atom is 0.328 e. The summed E-state index contributed by atoms with van der Waals surface area (Å²) in [6.45, 7) is 2.37. The molecule has 4 amide bonds. The van der Waals surface area contributed by atoms with E-state index in [0.29, 0.717) is 22.4 Å². The van der Waals surface area contributed by atoms with E-state index in [0.717, 1.165) is 3.57 Å². The summed E-state index contributed by atoms with van der Waals surface area (Å²) < 4.78 is 7.09. The number of hydrogen-bond acceptors (Lipinski definition) is 4. The molecule has 1 aromatic rings. The fourth-order valence-corrected chi connectivity index (χ4v) is 3.19. The number of ether oxygens (including phenoxy) is 1. The Morgan fingerprint density at radius 1 is 1.24 bits per heavy atom. The van der Waals surface area contributed by atoms with Gasteiger partial charge < -0.3 is 4.74 Å². The number of urea groups is 1. The van der Waals surface area contributed by atoms with Gasteiger partial charge >= 0.3 is 6.03 Å². The van der Waals surface area contributed by atoms with E-state index >= 15 is 0 Å². The largest absolute Gasteiger partial charge is 0.493 e. The molecule has 1 aliphatic rings. The minimum Gasteiger partial charge on any atom is -0.493 e. The van der Waals surface area contributed by atoms with E-state index in [1.165, 1.54) is 6.08 Å². The predicted octanol–water partition coefficient (Wildman–Crippen LogP) is 2.20. The lowest BCUT2D eigenvalue weighted by atomic mass is 10.1. The molecule has 6 nitrogen and oxygen atoms in total. The Kier molecular flexibility index (Phi) is 4.99. The maximum absolute atomic E-state index is 11.7. The summed E-state index contributed by atoms with van der Waals surface area (Å²) in [5.74, 6) is -0.805. The first-order valence-electron chi connectivity index (χ1n) is 5.92. The van der Waals surface area contributed by atoms with Gasteiger partial charge in [-0.3, -0.25) is 20.2 Å². The third-order valence-corrected chi connectivity index (χ3v) is 4.12. The standard InChI is InChI=1S/C13H10BrIN2O4/c1-2-21-10-4-6(8(14)5-9(10)15)3-7-11(18)16-13(20)17-12(7)19/h3-5H,2H2,1H3,(H2,16,17,18,19,20). The smallest absolute Gasteiger partial charge is 0.328 e. The summed E-state index contributed by atoms with van der Waals surface area (Å²) in [5, 5.41) is 4.05. The first kappa shape index (κ1) is 16.0. The van der Waals surface area contributed by atoms with Gasteiger partial charge in [-0.25, -0.2) is 4.79 Å². The van der Waals surface area contributed by atoms with E-state index in [-0.39, 0.29) is 5.57 Å². The average Bonchev–Trinajstić information content (AvgIpc) is 2.38. The molecule has 21 heavy (non-hydrogen) atoms. The second-order valence-electron chi connectivity index (χ2n) is 4.03. The Labute approximate surface area is 142 Å². The number of amides is 4. The van der Waals surface area contributed by atoms with Gasteiger partial charge in [-0.05, 0) is 53.3 Å². The van der Waals surface area contributed by atoms with Crippen LogP contribution in [0.1, 0.15) is 12.5 Å². The molecule has 2 rings (SSSR count). The Morgan fingerprint density at radius 2 is 1.86 bits per heavy atom. The Hall–Kier alpha value is -1.42. The van der Waals surface area contributed by atoms with Crippen molar-refractivity contribution in [3.63, 3.8) is 0 Å². The van der Waals surface area contributed by atoms with Crippen molar-refractivity contribution in [2.75, 3.05) is 6.61 Å². The van der Waals surface area contributed by atoms with Gasteiger partial charge in [0.2, 0.25) is 0 Å². The Bertz CT molecular complexity index is 650. The molecule has 0 saturated carbocycles. The highest BCUT2D eigenvalue weighted by Gasteiger charge is 2.28. The highest BCUT2D eigenvalue weighted by molar-refractivity contribution is 14.1. The van der Waals surface area contributed by atoms with Crippen molar-refractivity contribution in [3.05, 3.63) is 31.3 Å². The summed E-state index contributed by atoms with van der Waals surface area (Å²) in [5.41, 5.74) is 0.465. The van der Waals surface area contributed by atoms with E-state index in [1.807, 2.05) is 23.6 Å². The summed E-state index contributed by atoms with van der Waals surface area (Å²) in [6.07, 6.45) is 1.40. The maximum atomic E-state index is 11.7. The number of carbonyl (C=O) groups excluding carboxylic acids is 3. The van der Waals surface area contributed by atoms with Crippen molar-refractivity contribution in [2.45, 2.75) is 6.92 Å². The number of barbiturate groups is 1. The lowest BCUT2D eigenvalue weighted by Gasteiger charge is -2.15. The van der Waals surface area contributed by atoms with Gasteiger partial charge in [0.1, 0.15) is 11.3 Å². The molecule has 0 aromatic heterocycles. The summed E-state index contributed by atoms with van der Waals surface area (Å²) >= 11 is 5.50. The van der Waals surface area contributed by atoms with E-state index in [9.17, 15) is 14.4 Å². The van der Waals surface area contributed by atoms with Gasteiger partial charge in [0.05, 0.1) is 10.2 Å². The molecule has 110 valence electrons. The number of rotatable bonds is 3. The monoisotopic (exact) mass is 464 g/mol. The third-order valence-electron chi connectivity index (χ3n) is 2.59. The number of nitrogens with one attached hydrogen (secondary N) is 2. The molecule has 0 atom stereocenters. The second kappa shape index (κ2) is 6.56. The number of hydrogen-bond donors (Lipinski definition) is 2. The minimum atomic E-state index is -0.821. The van der Waals surface area contributed by atoms with Gasteiger partial charge in [-0.15, -0.1) is 0 Å². The molecule has 1 fully saturated rings. The van der Waals surface area contributed by atoms with Gasteiger partial charge in [0.25, 0.3) is 11.8 Å². The first-order chi connectivity index (χ1) is 9.92. The molecule has 1 aromatic carbocycles. The van der Waals surface area contributed by atoms with Crippen LogP contribution < -0.4 is 15.4 Å².